The van der Waals surface area contributed by atoms with Crippen molar-refractivity contribution in [3.8, 4) is 0 Å². The predicted molar refractivity (Wildman–Crippen MR) is 94.1 cm³/mol. The van der Waals surface area contributed by atoms with Crippen molar-refractivity contribution < 1.29 is 14.0 Å². The van der Waals surface area contributed by atoms with E-state index in [2.05, 4.69) is 20.9 Å². The number of hydrogen-bond donors (Lipinski definition) is 3. The summed E-state index contributed by atoms with van der Waals surface area (Å²) in [4.78, 5) is 27.9. The highest BCUT2D eigenvalue weighted by atomic mass is 16.3. The number of amides is 3. The van der Waals surface area contributed by atoms with Crippen LogP contribution in [0.2, 0.25) is 0 Å². The normalized spacial score (nSPS) is 10.4. The van der Waals surface area contributed by atoms with Gasteiger partial charge in [0.05, 0.1) is 6.54 Å². The van der Waals surface area contributed by atoms with Gasteiger partial charge in [-0.05, 0) is 23.8 Å². The third kappa shape index (κ3) is 4.57. The highest BCUT2D eigenvalue weighted by Crippen LogP contribution is 2.19. The van der Waals surface area contributed by atoms with Crippen LogP contribution in [0.3, 0.4) is 0 Å². The number of fused-ring (bicyclic) bond motifs is 1. The van der Waals surface area contributed by atoms with Crippen LogP contribution in [0.1, 0.15) is 11.5 Å². The Morgan fingerprint density at radius 2 is 1.88 bits per heavy atom. The summed E-state index contributed by atoms with van der Waals surface area (Å²) in [5.74, 6) is 0.240. The first-order chi connectivity index (χ1) is 12.1. The average molecular weight is 338 g/mol. The van der Waals surface area contributed by atoms with Gasteiger partial charge in [0.15, 0.2) is 11.5 Å². The molecule has 0 saturated heterocycles. The summed E-state index contributed by atoms with van der Waals surface area (Å²) < 4.78 is 5.38. The molecule has 0 spiro atoms. The summed E-state index contributed by atoms with van der Waals surface area (Å²) in [5.41, 5.74) is 2.91. The van der Waals surface area contributed by atoms with E-state index in [1.54, 1.807) is 25.1 Å². The summed E-state index contributed by atoms with van der Waals surface area (Å²) in [6.07, 6.45) is 0. The van der Waals surface area contributed by atoms with Gasteiger partial charge in [0.25, 0.3) is 0 Å². The number of rotatable bonds is 5. The van der Waals surface area contributed by atoms with Gasteiger partial charge in [-0.25, -0.2) is 9.78 Å². The van der Waals surface area contributed by atoms with E-state index < -0.39 is 6.03 Å². The first-order valence-electron chi connectivity index (χ1n) is 7.83. The lowest BCUT2D eigenvalue weighted by molar-refractivity contribution is -0.115. The van der Waals surface area contributed by atoms with Crippen LogP contribution in [0.25, 0.3) is 11.1 Å². The molecule has 0 aliphatic carbocycles. The zero-order chi connectivity index (χ0) is 17.6. The summed E-state index contributed by atoms with van der Waals surface area (Å²) in [6.45, 7) is 2.03. The average Bonchev–Trinajstić information content (AvgIpc) is 2.98. The number of anilines is 1. The maximum absolute atomic E-state index is 11.9. The molecule has 0 unspecified atom stereocenters. The molecule has 1 aromatic heterocycles. The molecule has 7 heteroatoms. The molecule has 25 heavy (non-hydrogen) atoms. The Morgan fingerprint density at radius 3 is 2.68 bits per heavy atom. The minimum absolute atomic E-state index is 0.128. The van der Waals surface area contributed by atoms with Crippen LogP contribution in [0.4, 0.5) is 10.5 Å². The predicted octanol–water partition coefficient (Wildman–Crippen LogP) is 2.57. The van der Waals surface area contributed by atoms with Gasteiger partial charge in [-0.2, -0.15) is 0 Å². The largest absolute Gasteiger partial charge is 0.441 e. The maximum Gasteiger partial charge on any atom is 0.315 e. The number of nitrogens with zero attached hydrogens (tertiary/aromatic N) is 1. The fourth-order valence-electron chi connectivity index (χ4n) is 2.33. The third-order valence-corrected chi connectivity index (χ3v) is 3.48. The molecule has 0 radical (unpaired) electrons. The number of oxazole rings is 1. The molecule has 0 aliphatic heterocycles. The molecule has 0 bridgehead atoms. The minimum Gasteiger partial charge on any atom is -0.441 e. The van der Waals surface area contributed by atoms with Crippen LogP contribution < -0.4 is 16.0 Å². The molecule has 7 nitrogen and oxygen atoms in total. The van der Waals surface area contributed by atoms with Crippen LogP contribution in [0.15, 0.2) is 52.9 Å². The van der Waals surface area contributed by atoms with Crippen molar-refractivity contribution in [3.63, 3.8) is 0 Å². The first-order valence-corrected chi connectivity index (χ1v) is 7.83. The second-order valence-electron chi connectivity index (χ2n) is 5.49. The number of nitrogens with one attached hydrogen (secondary N) is 3. The molecule has 3 amide bonds. The Labute approximate surface area is 144 Å². The van der Waals surface area contributed by atoms with E-state index in [0.717, 1.165) is 5.56 Å². The zero-order valence-electron chi connectivity index (χ0n) is 13.7. The molecular weight excluding hydrogens is 320 g/mol. The van der Waals surface area contributed by atoms with Gasteiger partial charge in [0.2, 0.25) is 5.91 Å². The first kappa shape index (κ1) is 16.5. The van der Waals surface area contributed by atoms with Crippen LogP contribution in [-0.4, -0.2) is 23.5 Å². The molecule has 0 aliphatic rings. The van der Waals surface area contributed by atoms with E-state index in [0.29, 0.717) is 29.2 Å². The summed E-state index contributed by atoms with van der Waals surface area (Å²) in [7, 11) is 0. The minimum atomic E-state index is -0.401. The Morgan fingerprint density at radius 1 is 1.08 bits per heavy atom. The number of aryl methyl sites for hydroxylation is 1. The molecule has 3 rings (SSSR count). The molecule has 128 valence electrons. The van der Waals surface area contributed by atoms with Crippen molar-refractivity contribution in [2.75, 3.05) is 11.9 Å². The van der Waals surface area contributed by atoms with Gasteiger partial charge in [0.1, 0.15) is 5.52 Å². The number of hydrogen-bond acceptors (Lipinski definition) is 4. The second-order valence-corrected chi connectivity index (χ2v) is 5.49. The molecule has 0 fully saturated rings. The molecule has 0 atom stereocenters. The Hall–Kier alpha value is -3.35. The third-order valence-electron chi connectivity index (χ3n) is 3.48. The lowest BCUT2D eigenvalue weighted by Crippen LogP contribution is -2.39. The molecule has 3 aromatic rings. The number of aromatic nitrogens is 1. The van der Waals surface area contributed by atoms with Gasteiger partial charge in [-0.15, -0.1) is 0 Å². The van der Waals surface area contributed by atoms with Crippen molar-refractivity contribution >= 4 is 28.7 Å². The topological polar surface area (TPSA) is 96.3 Å². The molecule has 0 saturated carbocycles. The standard InChI is InChI=1S/C18H18N4O3/c1-12-21-15-9-14(7-8-16(15)25-12)22-17(23)11-20-18(24)19-10-13-5-3-2-4-6-13/h2-9H,10-11H2,1H3,(H,22,23)(H2,19,20,24). The highest BCUT2D eigenvalue weighted by molar-refractivity contribution is 5.95. The summed E-state index contributed by atoms with van der Waals surface area (Å²) in [5, 5.41) is 7.92. The number of carbonyl (C=O) groups is 2. The molecular formula is C18H18N4O3. The van der Waals surface area contributed by atoms with Crippen molar-refractivity contribution in [2.24, 2.45) is 0 Å². The van der Waals surface area contributed by atoms with E-state index in [9.17, 15) is 9.59 Å². The van der Waals surface area contributed by atoms with Crippen molar-refractivity contribution in [2.45, 2.75) is 13.5 Å². The van der Waals surface area contributed by atoms with E-state index in [1.165, 1.54) is 0 Å². The fourth-order valence-corrected chi connectivity index (χ4v) is 2.33. The number of carbonyl (C=O) groups excluding carboxylic acids is 2. The Kier molecular flexibility index (Phi) is 4.94. The lowest BCUT2D eigenvalue weighted by atomic mass is 10.2. The smallest absolute Gasteiger partial charge is 0.315 e. The van der Waals surface area contributed by atoms with Crippen LogP contribution in [0.5, 0.6) is 0 Å². The van der Waals surface area contributed by atoms with Crippen LogP contribution in [-0.2, 0) is 11.3 Å². The Bertz CT molecular complexity index is 890. The van der Waals surface area contributed by atoms with Gasteiger partial charge in [0, 0.05) is 19.2 Å². The monoisotopic (exact) mass is 338 g/mol. The quantitative estimate of drug-likeness (QED) is 0.666. The van der Waals surface area contributed by atoms with E-state index in [1.807, 2.05) is 30.3 Å². The van der Waals surface area contributed by atoms with Crippen LogP contribution in [0, 0.1) is 6.92 Å². The molecule has 2 aromatic carbocycles. The maximum atomic E-state index is 11.9. The van der Waals surface area contributed by atoms with Crippen molar-refractivity contribution in [1.29, 1.82) is 0 Å². The van der Waals surface area contributed by atoms with E-state index in [-0.39, 0.29) is 12.5 Å². The van der Waals surface area contributed by atoms with Gasteiger partial charge < -0.3 is 20.4 Å². The van der Waals surface area contributed by atoms with Gasteiger partial charge in [-0.3, -0.25) is 4.79 Å². The van der Waals surface area contributed by atoms with E-state index in [4.69, 9.17) is 4.42 Å². The second kappa shape index (κ2) is 7.48. The molecule has 3 N–H and O–H groups in total. The summed E-state index contributed by atoms with van der Waals surface area (Å²) in [6, 6.07) is 14.3. The van der Waals surface area contributed by atoms with Crippen LogP contribution >= 0.6 is 0 Å². The fraction of sp³-hybridized carbons (Fsp3) is 0.167. The van der Waals surface area contributed by atoms with Gasteiger partial charge >= 0.3 is 6.03 Å². The number of benzene rings is 2. The Balaban J connectivity index is 1.46. The van der Waals surface area contributed by atoms with Crippen molar-refractivity contribution in [3.05, 3.63) is 60.0 Å². The lowest BCUT2D eigenvalue weighted by Gasteiger charge is -2.08. The summed E-state index contributed by atoms with van der Waals surface area (Å²) >= 11 is 0. The SMILES string of the molecule is Cc1nc2cc(NC(=O)CNC(=O)NCc3ccccc3)ccc2o1. The zero-order valence-corrected chi connectivity index (χ0v) is 13.7. The van der Waals surface area contributed by atoms with Gasteiger partial charge in [-0.1, -0.05) is 30.3 Å². The molecule has 1 heterocycles. The van der Waals surface area contributed by atoms with Crippen molar-refractivity contribution in [1.82, 2.24) is 15.6 Å². The number of urea groups is 1. The highest BCUT2D eigenvalue weighted by Gasteiger charge is 2.08. The van der Waals surface area contributed by atoms with E-state index >= 15 is 0 Å².